The summed E-state index contributed by atoms with van der Waals surface area (Å²) in [5.74, 6) is 2.50. The van der Waals surface area contributed by atoms with Crippen molar-refractivity contribution in [1.29, 1.82) is 0 Å². The maximum absolute atomic E-state index is 12.3. The second-order valence-corrected chi connectivity index (χ2v) is 6.38. The van der Waals surface area contributed by atoms with Crippen LogP contribution in [0, 0.1) is 0 Å². The van der Waals surface area contributed by atoms with Crippen molar-refractivity contribution < 1.29 is 33.2 Å². The van der Waals surface area contributed by atoms with Gasteiger partial charge in [-0.25, -0.2) is 4.79 Å². The van der Waals surface area contributed by atoms with Crippen molar-refractivity contribution in [2.45, 2.75) is 0 Å². The third-order valence-corrected chi connectivity index (χ3v) is 4.66. The molecule has 0 N–H and O–H groups in total. The number of hydrogen-bond donors (Lipinski definition) is 0. The largest absolute Gasteiger partial charge is 0.493 e. The van der Waals surface area contributed by atoms with Gasteiger partial charge in [0, 0.05) is 5.57 Å². The lowest BCUT2D eigenvalue weighted by atomic mass is 10.0. The van der Waals surface area contributed by atoms with Crippen LogP contribution < -0.4 is 23.7 Å². The average molecular weight is 396 g/mol. The second-order valence-electron chi connectivity index (χ2n) is 6.38. The number of methoxy groups -OCH3 is 3. The minimum Gasteiger partial charge on any atom is -0.493 e. The van der Waals surface area contributed by atoms with E-state index in [0.717, 1.165) is 16.7 Å². The minimum atomic E-state index is -0.384. The first-order valence-electron chi connectivity index (χ1n) is 8.92. The molecule has 0 aliphatic carbocycles. The van der Waals surface area contributed by atoms with E-state index in [4.69, 9.17) is 28.4 Å². The van der Waals surface area contributed by atoms with Gasteiger partial charge in [-0.05, 0) is 47.5 Å². The van der Waals surface area contributed by atoms with E-state index in [-0.39, 0.29) is 19.4 Å². The van der Waals surface area contributed by atoms with Crippen LogP contribution in [0.1, 0.15) is 11.1 Å². The van der Waals surface area contributed by atoms with Crippen LogP contribution in [0.5, 0.6) is 28.7 Å². The first-order valence-corrected chi connectivity index (χ1v) is 8.92. The van der Waals surface area contributed by atoms with Crippen molar-refractivity contribution in [1.82, 2.24) is 0 Å². The Labute approximate surface area is 168 Å². The molecule has 1 fully saturated rings. The summed E-state index contributed by atoms with van der Waals surface area (Å²) < 4.78 is 32.1. The molecule has 0 saturated carbocycles. The van der Waals surface area contributed by atoms with E-state index in [2.05, 4.69) is 0 Å². The number of hydrogen-bond acceptors (Lipinski definition) is 7. The Morgan fingerprint density at radius 2 is 1.55 bits per heavy atom. The third kappa shape index (κ3) is 3.59. The van der Waals surface area contributed by atoms with Gasteiger partial charge in [-0.2, -0.15) is 0 Å². The fourth-order valence-electron chi connectivity index (χ4n) is 3.26. The topological polar surface area (TPSA) is 72.5 Å². The summed E-state index contributed by atoms with van der Waals surface area (Å²) in [5.41, 5.74) is 2.85. The Morgan fingerprint density at radius 3 is 2.24 bits per heavy atom. The van der Waals surface area contributed by atoms with E-state index >= 15 is 0 Å². The molecule has 0 unspecified atom stereocenters. The quantitative estimate of drug-likeness (QED) is 0.566. The standard InChI is InChI=1S/C22H20O7/c1-24-19-9-14(10-20(25-2)21(19)26-3)7-16-15(11-27-22(16)23)6-13-4-5-17-18(8-13)29-12-28-17/h4-10H,11-12H2,1-3H3/b15-6-,16-7+. The average Bonchev–Trinajstić information content (AvgIpc) is 3.34. The van der Waals surface area contributed by atoms with Crippen molar-refractivity contribution >= 4 is 18.1 Å². The molecular formula is C22H20O7. The van der Waals surface area contributed by atoms with Gasteiger partial charge in [0.25, 0.3) is 0 Å². The lowest BCUT2D eigenvalue weighted by Crippen LogP contribution is -1.97. The molecular weight excluding hydrogens is 376 g/mol. The van der Waals surface area contributed by atoms with Crippen LogP contribution in [0.15, 0.2) is 41.5 Å². The molecule has 2 aromatic carbocycles. The fourth-order valence-corrected chi connectivity index (χ4v) is 3.26. The van der Waals surface area contributed by atoms with Crippen molar-refractivity contribution in [3.8, 4) is 28.7 Å². The maximum atomic E-state index is 12.3. The zero-order valence-corrected chi connectivity index (χ0v) is 16.3. The highest BCUT2D eigenvalue weighted by Crippen LogP contribution is 2.39. The molecule has 29 heavy (non-hydrogen) atoms. The van der Waals surface area contributed by atoms with E-state index in [1.165, 1.54) is 0 Å². The first kappa shape index (κ1) is 18.7. The summed E-state index contributed by atoms with van der Waals surface area (Å²) in [7, 11) is 4.63. The minimum absolute atomic E-state index is 0.198. The number of carbonyl (C=O) groups excluding carboxylic acids is 1. The lowest BCUT2D eigenvalue weighted by molar-refractivity contribution is -0.134. The second kappa shape index (κ2) is 7.79. The van der Waals surface area contributed by atoms with Crippen molar-refractivity contribution in [3.63, 3.8) is 0 Å². The Kier molecular flexibility index (Phi) is 5.03. The van der Waals surface area contributed by atoms with Gasteiger partial charge in [0.1, 0.15) is 6.61 Å². The predicted molar refractivity (Wildman–Crippen MR) is 106 cm³/mol. The molecule has 150 valence electrons. The summed E-state index contributed by atoms with van der Waals surface area (Å²) in [6.07, 6.45) is 3.65. The van der Waals surface area contributed by atoms with Gasteiger partial charge in [0.05, 0.1) is 26.9 Å². The molecule has 0 atom stereocenters. The zero-order chi connectivity index (χ0) is 20.4. The molecule has 0 bridgehead atoms. The SMILES string of the molecule is COc1cc(/C=C2/C(=O)OC/C2=C/c2ccc3c(c2)OCO3)cc(OC)c1OC. The van der Waals surface area contributed by atoms with E-state index < -0.39 is 0 Å². The monoisotopic (exact) mass is 396 g/mol. The highest BCUT2D eigenvalue weighted by Gasteiger charge is 2.25. The van der Waals surface area contributed by atoms with Gasteiger partial charge in [-0.3, -0.25) is 0 Å². The predicted octanol–water partition coefficient (Wildman–Crippen LogP) is 3.46. The van der Waals surface area contributed by atoms with Gasteiger partial charge < -0.3 is 28.4 Å². The summed E-state index contributed by atoms with van der Waals surface area (Å²) in [6, 6.07) is 9.17. The highest BCUT2D eigenvalue weighted by atomic mass is 16.7. The van der Waals surface area contributed by atoms with Crippen molar-refractivity contribution in [2.75, 3.05) is 34.7 Å². The van der Waals surface area contributed by atoms with Crippen LogP contribution in [0.4, 0.5) is 0 Å². The number of esters is 1. The molecule has 0 aromatic heterocycles. The number of fused-ring (bicyclic) bond motifs is 1. The summed E-state index contributed by atoms with van der Waals surface area (Å²) >= 11 is 0. The van der Waals surface area contributed by atoms with Crippen LogP contribution in [-0.4, -0.2) is 40.7 Å². The van der Waals surface area contributed by atoms with Gasteiger partial charge in [-0.1, -0.05) is 6.07 Å². The smallest absolute Gasteiger partial charge is 0.338 e. The molecule has 2 aliphatic heterocycles. The molecule has 0 spiro atoms. The molecule has 0 radical (unpaired) electrons. The van der Waals surface area contributed by atoms with Crippen LogP contribution in [0.25, 0.3) is 12.2 Å². The van der Waals surface area contributed by atoms with E-state index in [1.807, 2.05) is 24.3 Å². The lowest BCUT2D eigenvalue weighted by Gasteiger charge is -2.13. The molecule has 2 heterocycles. The molecule has 2 aromatic rings. The first-order chi connectivity index (χ1) is 14.1. The van der Waals surface area contributed by atoms with Crippen LogP contribution in [-0.2, 0) is 9.53 Å². The van der Waals surface area contributed by atoms with Crippen LogP contribution in [0.3, 0.4) is 0 Å². The van der Waals surface area contributed by atoms with Crippen LogP contribution >= 0.6 is 0 Å². The molecule has 4 rings (SSSR count). The van der Waals surface area contributed by atoms with Gasteiger partial charge in [-0.15, -0.1) is 0 Å². The van der Waals surface area contributed by atoms with E-state index in [0.29, 0.717) is 34.3 Å². The molecule has 1 saturated heterocycles. The van der Waals surface area contributed by atoms with E-state index in [9.17, 15) is 4.79 Å². The maximum Gasteiger partial charge on any atom is 0.338 e. The summed E-state index contributed by atoms with van der Waals surface area (Å²) in [6.45, 7) is 0.410. The van der Waals surface area contributed by atoms with Gasteiger partial charge in [0.2, 0.25) is 12.5 Å². The highest BCUT2D eigenvalue weighted by molar-refractivity contribution is 6.02. The zero-order valence-electron chi connectivity index (χ0n) is 16.3. The summed E-state index contributed by atoms with van der Waals surface area (Å²) in [5, 5.41) is 0. The van der Waals surface area contributed by atoms with Crippen LogP contribution in [0.2, 0.25) is 0 Å². The van der Waals surface area contributed by atoms with Gasteiger partial charge >= 0.3 is 5.97 Å². The molecule has 7 heteroatoms. The molecule has 2 aliphatic rings. The molecule has 7 nitrogen and oxygen atoms in total. The third-order valence-electron chi connectivity index (χ3n) is 4.66. The fraction of sp³-hybridized carbons (Fsp3) is 0.227. The van der Waals surface area contributed by atoms with E-state index in [1.54, 1.807) is 39.5 Å². The normalized spacial score (nSPS) is 17.6. The number of rotatable bonds is 5. The Morgan fingerprint density at radius 1 is 0.828 bits per heavy atom. The van der Waals surface area contributed by atoms with Crippen molar-refractivity contribution in [3.05, 3.63) is 52.6 Å². The Balaban J connectivity index is 1.72. The number of benzene rings is 2. The Hall–Kier alpha value is -3.61. The number of cyclic esters (lactones) is 1. The molecule has 0 amide bonds. The van der Waals surface area contributed by atoms with Crippen molar-refractivity contribution in [2.24, 2.45) is 0 Å². The number of carbonyl (C=O) groups is 1. The number of ether oxygens (including phenoxy) is 6. The van der Waals surface area contributed by atoms with Gasteiger partial charge in [0.15, 0.2) is 23.0 Å². The Bertz CT molecular complexity index is 995. The summed E-state index contributed by atoms with van der Waals surface area (Å²) in [4.78, 5) is 12.3.